The fourth-order valence-corrected chi connectivity index (χ4v) is 2.39. The average molecular weight is 280 g/mol. The number of ether oxygens (including phenoxy) is 1. The number of carbonyl (C=O) groups is 1. The molecule has 0 saturated heterocycles. The summed E-state index contributed by atoms with van der Waals surface area (Å²) in [6.07, 6.45) is 0. The second-order valence-corrected chi connectivity index (χ2v) is 4.78. The predicted molar refractivity (Wildman–Crippen MR) is 81.8 cm³/mol. The van der Waals surface area contributed by atoms with Crippen molar-refractivity contribution in [3.05, 3.63) is 54.6 Å². The summed E-state index contributed by atoms with van der Waals surface area (Å²) in [6.45, 7) is 2.35. The van der Waals surface area contributed by atoms with E-state index in [9.17, 15) is 4.79 Å². The SMILES string of the molecule is CC(=O)OCCn1c(-c2ccccc2)nc2ccccc21. The van der Waals surface area contributed by atoms with Gasteiger partial charge in [-0.25, -0.2) is 4.98 Å². The van der Waals surface area contributed by atoms with Crippen LogP contribution in [0.15, 0.2) is 54.6 Å². The van der Waals surface area contributed by atoms with Crippen molar-refractivity contribution in [1.82, 2.24) is 9.55 Å². The summed E-state index contributed by atoms with van der Waals surface area (Å²) in [4.78, 5) is 15.6. The molecule has 0 aliphatic heterocycles. The Balaban J connectivity index is 2.04. The number of esters is 1. The number of benzene rings is 2. The topological polar surface area (TPSA) is 44.1 Å². The van der Waals surface area contributed by atoms with E-state index in [4.69, 9.17) is 9.72 Å². The van der Waals surface area contributed by atoms with Crippen molar-refractivity contribution < 1.29 is 9.53 Å². The smallest absolute Gasteiger partial charge is 0.302 e. The molecule has 1 aromatic heterocycles. The zero-order chi connectivity index (χ0) is 14.7. The Labute approximate surface area is 123 Å². The van der Waals surface area contributed by atoms with Crippen LogP contribution < -0.4 is 0 Å². The lowest BCUT2D eigenvalue weighted by Gasteiger charge is -2.09. The van der Waals surface area contributed by atoms with E-state index in [1.54, 1.807) is 0 Å². The van der Waals surface area contributed by atoms with Crippen LogP contribution >= 0.6 is 0 Å². The first-order valence-corrected chi connectivity index (χ1v) is 6.90. The monoisotopic (exact) mass is 280 g/mol. The van der Waals surface area contributed by atoms with Crippen molar-refractivity contribution in [1.29, 1.82) is 0 Å². The Hall–Kier alpha value is -2.62. The summed E-state index contributed by atoms with van der Waals surface area (Å²) in [5.74, 6) is 0.629. The van der Waals surface area contributed by atoms with Crippen LogP contribution in [0.1, 0.15) is 6.92 Å². The molecule has 21 heavy (non-hydrogen) atoms. The van der Waals surface area contributed by atoms with Gasteiger partial charge in [0.2, 0.25) is 0 Å². The molecule has 3 aromatic rings. The number of aromatic nitrogens is 2. The largest absolute Gasteiger partial charge is 0.464 e. The normalized spacial score (nSPS) is 10.7. The minimum Gasteiger partial charge on any atom is -0.464 e. The molecule has 0 amide bonds. The van der Waals surface area contributed by atoms with Crippen LogP contribution in [0.4, 0.5) is 0 Å². The number of imidazole rings is 1. The number of hydrogen-bond acceptors (Lipinski definition) is 3. The first-order chi connectivity index (χ1) is 10.3. The summed E-state index contributed by atoms with van der Waals surface area (Å²) in [7, 11) is 0. The molecule has 0 aliphatic carbocycles. The van der Waals surface area contributed by atoms with Crippen LogP contribution in [0.2, 0.25) is 0 Å². The molecule has 4 nitrogen and oxygen atoms in total. The van der Waals surface area contributed by atoms with E-state index in [1.165, 1.54) is 6.92 Å². The predicted octanol–water partition coefficient (Wildman–Crippen LogP) is 3.27. The first-order valence-electron chi connectivity index (χ1n) is 6.90. The zero-order valence-electron chi connectivity index (χ0n) is 11.8. The van der Waals surface area contributed by atoms with Gasteiger partial charge in [-0.15, -0.1) is 0 Å². The molecule has 3 rings (SSSR count). The number of para-hydroxylation sites is 2. The Morgan fingerprint density at radius 3 is 2.57 bits per heavy atom. The van der Waals surface area contributed by atoms with Crippen molar-refractivity contribution in [2.45, 2.75) is 13.5 Å². The van der Waals surface area contributed by atoms with Gasteiger partial charge in [-0.2, -0.15) is 0 Å². The van der Waals surface area contributed by atoms with Gasteiger partial charge in [0.15, 0.2) is 0 Å². The van der Waals surface area contributed by atoms with Crippen molar-refractivity contribution in [2.75, 3.05) is 6.61 Å². The third kappa shape index (κ3) is 2.79. The van der Waals surface area contributed by atoms with E-state index in [1.807, 2.05) is 54.6 Å². The average Bonchev–Trinajstić information content (AvgIpc) is 2.87. The number of fused-ring (bicyclic) bond motifs is 1. The highest BCUT2D eigenvalue weighted by molar-refractivity contribution is 5.80. The van der Waals surface area contributed by atoms with Gasteiger partial charge in [-0.1, -0.05) is 42.5 Å². The third-order valence-corrected chi connectivity index (χ3v) is 3.31. The minimum atomic E-state index is -0.263. The molecule has 0 N–H and O–H groups in total. The van der Waals surface area contributed by atoms with Crippen molar-refractivity contribution in [2.24, 2.45) is 0 Å². The lowest BCUT2D eigenvalue weighted by atomic mass is 10.2. The second kappa shape index (κ2) is 5.79. The van der Waals surface area contributed by atoms with E-state index < -0.39 is 0 Å². The molecule has 0 atom stereocenters. The first kappa shape index (κ1) is 13.4. The summed E-state index contributed by atoms with van der Waals surface area (Å²) >= 11 is 0. The number of rotatable bonds is 4. The van der Waals surface area contributed by atoms with Crippen LogP contribution in [-0.4, -0.2) is 22.1 Å². The highest BCUT2D eigenvalue weighted by Crippen LogP contribution is 2.24. The van der Waals surface area contributed by atoms with Crippen LogP contribution in [0.5, 0.6) is 0 Å². The van der Waals surface area contributed by atoms with Gasteiger partial charge >= 0.3 is 5.97 Å². The van der Waals surface area contributed by atoms with E-state index in [-0.39, 0.29) is 5.97 Å². The maximum Gasteiger partial charge on any atom is 0.302 e. The van der Waals surface area contributed by atoms with Gasteiger partial charge in [0, 0.05) is 12.5 Å². The van der Waals surface area contributed by atoms with Crippen molar-refractivity contribution >= 4 is 17.0 Å². The lowest BCUT2D eigenvalue weighted by Crippen LogP contribution is -2.09. The van der Waals surface area contributed by atoms with Crippen LogP contribution in [-0.2, 0) is 16.1 Å². The van der Waals surface area contributed by atoms with E-state index in [0.29, 0.717) is 13.2 Å². The third-order valence-electron chi connectivity index (χ3n) is 3.31. The molecule has 0 radical (unpaired) electrons. The number of carbonyl (C=O) groups excluding carboxylic acids is 1. The fraction of sp³-hybridized carbons (Fsp3) is 0.176. The Kier molecular flexibility index (Phi) is 3.69. The minimum absolute atomic E-state index is 0.263. The van der Waals surface area contributed by atoms with Gasteiger partial charge in [0.25, 0.3) is 0 Å². The van der Waals surface area contributed by atoms with Crippen molar-refractivity contribution in [3.63, 3.8) is 0 Å². The summed E-state index contributed by atoms with van der Waals surface area (Å²) in [5.41, 5.74) is 3.04. The maximum atomic E-state index is 10.9. The van der Waals surface area contributed by atoms with Gasteiger partial charge < -0.3 is 9.30 Å². The molecule has 106 valence electrons. The Morgan fingerprint density at radius 1 is 1.10 bits per heavy atom. The van der Waals surface area contributed by atoms with Gasteiger partial charge in [0.05, 0.1) is 17.6 Å². The molecule has 4 heteroatoms. The molecule has 0 fully saturated rings. The fourth-order valence-electron chi connectivity index (χ4n) is 2.39. The van der Waals surface area contributed by atoms with Crippen LogP contribution in [0.25, 0.3) is 22.4 Å². The van der Waals surface area contributed by atoms with E-state index in [0.717, 1.165) is 22.4 Å². The van der Waals surface area contributed by atoms with Crippen LogP contribution in [0.3, 0.4) is 0 Å². The Bertz CT molecular complexity index is 763. The molecule has 0 aliphatic rings. The highest BCUT2D eigenvalue weighted by Gasteiger charge is 2.12. The van der Waals surface area contributed by atoms with Gasteiger partial charge in [0.1, 0.15) is 12.4 Å². The zero-order valence-corrected chi connectivity index (χ0v) is 11.8. The molecule has 0 saturated carbocycles. The molecule has 1 heterocycles. The summed E-state index contributed by atoms with van der Waals surface area (Å²) in [6, 6.07) is 18.0. The molecular weight excluding hydrogens is 264 g/mol. The maximum absolute atomic E-state index is 10.9. The second-order valence-electron chi connectivity index (χ2n) is 4.78. The Morgan fingerprint density at radius 2 is 1.81 bits per heavy atom. The van der Waals surface area contributed by atoms with Crippen molar-refractivity contribution in [3.8, 4) is 11.4 Å². The van der Waals surface area contributed by atoms with Gasteiger partial charge in [-0.3, -0.25) is 4.79 Å². The standard InChI is InChI=1S/C17H16N2O2/c1-13(20)21-12-11-19-16-10-6-5-9-15(16)18-17(19)14-7-3-2-4-8-14/h2-10H,11-12H2,1H3. The molecule has 0 unspecified atom stereocenters. The van der Waals surface area contributed by atoms with E-state index in [2.05, 4.69) is 4.57 Å². The van der Waals surface area contributed by atoms with E-state index >= 15 is 0 Å². The molecular formula is C17H16N2O2. The summed E-state index contributed by atoms with van der Waals surface area (Å²) in [5, 5.41) is 0. The van der Waals surface area contributed by atoms with Gasteiger partial charge in [-0.05, 0) is 12.1 Å². The molecule has 0 spiro atoms. The molecule has 2 aromatic carbocycles. The molecule has 0 bridgehead atoms. The summed E-state index contributed by atoms with van der Waals surface area (Å²) < 4.78 is 7.16. The lowest BCUT2D eigenvalue weighted by molar-refractivity contribution is -0.141. The van der Waals surface area contributed by atoms with Crippen LogP contribution in [0, 0.1) is 0 Å². The quantitative estimate of drug-likeness (QED) is 0.689. The number of nitrogens with zero attached hydrogens (tertiary/aromatic N) is 2. The highest BCUT2D eigenvalue weighted by atomic mass is 16.5. The number of hydrogen-bond donors (Lipinski definition) is 0.